The van der Waals surface area contributed by atoms with Crippen LogP contribution in [0, 0.1) is 0 Å². The number of para-hydroxylation sites is 3. The molecule has 7 nitrogen and oxygen atoms in total. The summed E-state index contributed by atoms with van der Waals surface area (Å²) in [5.41, 5.74) is 0.0902. The van der Waals surface area contributed by atoms with Gasteiger partial charge in [-0.2, -0.15) is 0 Å². The standard InChI is InChI=1S/C23H21N3O4S/c1-30-20-11-5-3-9-18(20)24-21(27)15-26-19-10-4-2-8-17(19)22(28)25(23(26)29)13-12-16-7-6-14-31-16/h2-11,14H,12-13,15H2,1H3,(H,24,27). The van der Waals surface area contributed by atoms with Crippen LogP contribution in [0.2, 0.25) is 0 Å². The molecule has 0 saturated heterocycles. The van der Waals surface area contributed by atoms with E-state index in [2.05, 4.69) is 5.32 Å². The molecule has 0 aliphatic carbocycles. The number of ether oxygens (including phenoxy) is 1. The fourth-order valence-electron chi connectivity index (χ4n) is 3.48. The lowest BCUT2D eigenvalue weighted by Gasteiger charge is -2.15. The van der Waals surface area contributed by atoms with E-state index >= 15 is 0 Å². The van der Waals surface area contributed by atoms with Gasteiger partial charge in [0.05, 0.1) is 23.7 Å². The molecule has 0 aliphatic heterocycles. The molecule has 0 radical (unpaired) electrons. The normalized spacial score (nSPS) is 10.9. The summed E-state index contributed by atoms with van der Waals surface area (Å²) in [5, 5.41) is 5.14. The van der Waals surface area contributed by atoms with E-state index in [1.54, 1.807) is 59.9 Å². The number of benzene rings is 2. The second-order valence-electron chi connectivity index (χ2n) is 6.92. The molecule has 0 fully saturated rings. The van der Waals surface area contributed by atoms with Crippen LogP contribution in [0.5, 0.6) is 5.75 Å². The van der Waals surface area contributed by atoms with Crippen molar-refractivity contribution in [3.05, 3.63) is 91.8 Å². The fourth-order valence-corrected chi connectivity index (χ4v) is 4.18. The molecule has 8 heteroatoms. The minimum atomic E-state index is -0.504. The van der Waals surface area contributed by atoms with Gasteiger partial charge in [0.15, 0.2) is 0 Å². The third kappa shape index (κ3) is 4.29. The van der Waals surface area contributed by atoms with Gasteiger partial charge in [0.1, 0.15) is 12.3 Å². The van der Waals surface area contributed by atoms with Crippen LogP contribution in [-0.4, -0.2) is 22.2 Å². The fraction of sp³-hybridized carbons (Fsp3) is 0.174. The molecule has 2 aromatic carbocycles. The van der Waals surface area contributed by atoms with Crippen LogP contribution in [0.1, 0.15) is 4.88 Å². The van der Waals surface area contributed by atoms with E-state index in [1.807, 2.05) is 17.5 Å². The number of rotatable bonds is 7. The number of carbonyl (C=O) groups excluding carboxylic acids is 1. The van der Waals surface area contributed by atoms with Crippen molar-refractivity contribution in [2.45, 2.75) is 19.5 Å². The largest absolute Gasteiger partial charge is 0.495 e. The Kier molecular flexibility index (Phi) is 5.99. The lowest BCUT2D eigenvalue weighted by Crippen LogP contribution is -2.42. The molecule has 4 aromatic rings. The van der Waals surface area contributed by atoms with Crippen molar-refractivity contribution >= 4 is 33.8 Å². The number of hydrogen-bond acceptors (Lipinski definition) is 5. The van der Waals surface area contributed by atoms with Gasteiger partial charge >= 0.3 is 5.69 Å². The van der Waals surface area contributed by atoms with Gasteiger partial charge in [-0.05, 0) is 42.1 Å². The Morgan fingerprint density at radius 3 is 2.55 bits per heavy atom. The third-order valence-electron chi connectivity index (χ3n) is 4.98. The lowest BCUT2D eigenvalue weighted by atomic mass is 10.2. The zero-order chi connectivity index (χ0) is 21.8. The number of hydrogen-bond donors (Lipinski definition) is 1. The quantitative estimate of drug-likeness (QED) is 0.484. The summed E-state index contributed by atoms with van der Waals surface area (Å²) < 4.78 is 7.81. The van der Waals surface area contributed by atoms with Crippen molar-refractivity contribution in [1.29, 1.82) is 0 Å². The Morgan fingerprint density at radius 2 is 1.77 bits per heavy atom. The van der Waals surface area contributed by atoms with Crippen LogP contribution < -0.4 is 21.3 Å². The minimum absolute atomic E-state index is 0.226. The van der Waals surface area contributed by atoms with Crippen molar-refractivity contribution in [2.24, 2.45) is 0 Å². The van der Waals surface area contributed by atoms with Crippen molar-refractivity contribution in [3.8, 4) is 5.75 Å². The van der Waals surface area contributed by atoms with Gasteiger partial charge in [-0.25, -0.2) is 4.79 Å². The summed E-state index contributed by atoms with van der Waals surface area (Å²) in [6, 6.07) is 17.8. The molecule has 0 bridgehead atoms. The SMILES string of the molecule is COc1ccccc1NC(=O)Cn1c(=O)n(CCc2cccs2)c(=O)c2ccccc21. The first kappa shape index (κ1) is 20.6. The first-order valence-electron chi connectivity index (χ1n) is 9.76. The molecule has 0 atom stereocenters. The maximum atomic E-state index is 13.2. The number of anilines is 1. The van der Waals surface area contributed by atoms with Crippen LogP contribution in [-0.2, 0) is 24.3 Å². The van der Waals surface area contributed by atoms with Crippen LogP contribution >= 0.6 is 11.3 Å². The molecule has 0 unspecified atom stereocenters. The highest BCUT2D eigenvalue weighted by Gasteiger charge is 2.16. The summed E-state index contributed by atoms with van der Waals surface area (Å²) in [4.78, 5) is 40.0. The number of aromatic nitrogens is 2. The number of aryl methyl sites for hydroxylation is 1. The van der Waals surface area contributed by atoms with Gasteiger partial charge in [-0.1, -0.05) is 30.3 Å². The van der Waals surface area contributed by atoms with E-state index in [0.29, 0.717) is 28.8 Å². The lowest BCUT2D eigenvalue weighted by molar-refractivity contribution is -0.116. The predicted molar refractivity (Wildman–Crippen MR) is 122 cm³/mol. The van der Waals surface area contributed by atoms with E-state index in [9.17, 15) is 14.4 Å². The molecule has 0 aliphatic rings. The molecule has 0 spiro atoms. The molecule has 31 heavy (non-hydrogen) atoms. The smallest absolute Gasteiger partial charge is 0.331 e. The highest BCUT2D eigenvalue weighted by molar-refractivity contribution is 7.09. The highest BCUT2D eigenvalue weighted by atomic mass is 32.1. The zero-order valence-electron chi connectivity index (χ0n) is 16.9. The van der Waals surface area contributed by atoms with Gasteiger partial charge in [0.25, 0.3) is 5.56 Å². The van der Waals surface area contributed by atoms with E-state index < -0.39 is 5.69 Å². The topological polar surface area (TPSA) is 82.3 Å². The summed E-state index contributed by atoms with van der Waals surface area (Å²) in [6.45, 7) is 0.0216. The third-order valence-corrected chi connectivity index (χ3v) is 5.91. The summed E-state index contributed by atoms with van der Waals surface area (Å²) in [5.74, 6) is 0.134. The molecule has 2 heterocycles. The van der Waals surface area contributed by atoms with Gasteiger partial charge in [-0.15, -0.1) is 11.3 Å². The average molecular weight is 436 g/mol. The second kappa shape index (κ2) is 9.01. The Bertz CT molecular complexity index is 1340. The van der Waals surface area contributed by atoms with Crippen molar-refractivity contribution in [3.63, 3.8) is 0 Å². The number of nitrogens with zero attached hydrogens (tertiary/aromatic N) is 2. The highest BCUT2D eigenvalue weighted by Crippen LogP contribution is 2.23. The van der Waals surface area contributed by atoms with Crippen molar-refractivity contribution in [1.82, 2.24) is 9.13 Å². The summed E-state index contributed by atoms with van der Waals surface area (Å²) >= 11 is 1.58. The van der Waals surface area contributed by atoms with Gasteiger partial charge in [0, 0.05) is 11.4 Å². The van der Waals surface area contributed by atoms with Crippen LogP contribution in [0.3, 0.4) is 0 Å². The molecular weight excluding hydrogens is 414 g/mol. The number of thiophene rings is 1. The monoisotopic (exact) mass is 435 g/mol. The van der Waals surface area contributed by atoms with Crippen LogP contribution in [0.15, 0.2) is 75.6 Å². The Labute approximate surface area is 182 Å². The van der Waals surface area contributed by atoms with E-state index in [-0.39, 0.29) is 24.6 Å². The number of amides is 1. The first-order valence-corrected chi connectivity index (χ1v) is 10.6. The number of methoxy groups -OCH3 is 1. The van der Waals surface area contributed by atoms with Gasteiger partial charge < -0.3 is 10.1 Å². The Hall–Kier alpha value is -3.65. The predicted octanol–water partition coefficient (Wildman–Crippen LogP) is 3.11. The first-order chi connectivity index (χ1) is 15.1. The second-order valence-corrected chi connectivity index (χ2v) is 7.95. The van der Waals surface area contributed by atoms with Gasteiger partial charge in [-0.3, -0.25) is 18.7 Å². The van der Waals surface area contributed by atoms with Gasteiger partial charge in [0.2, 0.25) is 5.91 Å². The zero-order valence-corrected chi connectivity index (χ0v) is 17.7. The van der Waals surface area contributed by atoms with Crippen LogP contribution in [0.4, 0.5) is 5.69 Å². The Morgan fingerprint density at radius 1 is 1.00 bits per heavy atom. The minimum Gasteiger partial charge on any atom is -0.495 e. The molecule has 0 saturated carbocycles. The molecule has 4 rings (SSSR count). The molecule has 1 amide bonds. The van der Waals surface area contributed by atoms with E-state index in [4.69, 9.17) is 4.74 Å². The Balaban J connectivity index is 1.70. The van der Waals surface area contributed by atoms with Crippen LogP contribution in [0.25, 0.3) is 10.9 Å². The van der Waals surface area contributed by atoms with E-state index in [0.717, 1.165) is 4.88 Å². The molecule has 158 valence electrons. The molecule has 2 aromatic heterocycles. The van der Waals surface area contributed by atoms with Crippen molar-refractivity contribution in [2.75, 3.05) is 12.4 Å². The van der Waals surface area contributed by atoms with E-state index in [1.165, 1.54) is 16.2 Å². The molecular formula is C23H21N3O4S. The summed E-state index contributed by atoms with van der Waals surface area (Å²) in [6.07, 6.45) is 0.568. The molecule has 1 N–H and O–H groups in total. The maximum absolute atomic E-state index is 13.2. The number of fused-ring (bicyclic) bond motifs is 1. The van der Waals surface area contributed by atoms with Crippen molar-refractivity contribution < 1.29 is 9.53 Å². The summed E-state index contributed by atoms with van der Waals surface area (Å²) in [7, 11) is 1.52. The average Bonchev–Trinajstić information content (AvgIpc) is 3.30. The number of carbonyl (C=O) groups is 1. The maximum Gasteiger partial charge on any atom is 0.331 e. The number of nitrogens with one attached hydrogen (secondary N) is 1.